The van der Waals surface area contributed by atoms with Gasteiger partial charge in [0.15, 0.2) is 0 Å². The van der Waals surface area contributed by atoms with Crippen LogP contribution in [0.1, 0.15) is 43.3 Å². The molecule has 0 unspecified atom stereocenters. The molecule has 0 fully saturated rings. The molecule has 0 amide bonds. The van der Waals surface area contributed by atoms with Gasteiger partial charge in [-0.25, -0.2) is 4.98 Å². The first-order chi connectivity index (χ1) is 9.29. The van der Waals surface area contributed by atoms with Gasteiger partial charge < -0.3 is 9.30 Å². The lowest BCUT2D eigenvalue weighted by Crippen LogP contribution is -2.12. The molecule has 0 aliphatic rings. The Labute approximate surface area is 121 Å². The second-order valence-corrected chi connectivity index (χ2v) is 6.43. The Morgan fingerprint density at radius 2 is 1.75 bits per heavy atom. The van der Waals surface area contributed by atoms with E-state index in [0.29, 0.717) is 6.61 Å². The Bertz CT molecular complexity index is 583. The van der Waals surface area contributed by atoms with Gasteiger partial charge in [-0.3, -0.25) is 0 Å². The summed E-state index contributed by atoms with van der Waals surface area (Å²) in [5.41, 5.74) is 3.87. The zero-order chi connectivity index (χ0) is 14.9. The summed E-state index contributed by atoms with van der Waals surface area (Å²) in [4.78, 5) is 4.28. The third kappa shape index (κ3) is 3.03. The highest BCUT2D eigenvalue weighted by Gasteiger charge is 2.17. The minimum atomic E-state index is 0.160. The van der Waals surface area contributed by atoms with Crippen molar-refractivity contribution in [2.45, 2.75) is 46.6 Å². The fourth-order valence-corrected chi connectivity index (χ4v) is 2.28. The van der Waals surface area contributed by atoms with E-state index in [1.165, 1.54) is 16.7 Å². The summed E-state index contributed by atoms with van der Waals surface area (Å²) < 4.78 is 7.96. The van der Waals surface area contributed by atoms with Gasteiger partial charge in [-0.15, -0.1) is 0 Å². The molecular weight excluding hydrogens is 248 g/mol. The molecule has 3 heteroatoms. The van der Waals surface area contributed by atoms with Crippen LogP contribution in [-0.2, 0) is 19.1 Å². The summed E-state index contributed by atoms with van der Waals surface area (Å²) in [6, 6.07) is 4.45. The molecule has 2 aromatic rings. The molecule has 0 aliphatic carbocycles. The smallest absolute Gasteiger partial charge is 0.146 e. The van der Waals surface area contributed by atoms with Crippen molar-refractivity contribution in [2.24, 2.45) is 7.05 Å². The quantitative estimate of drug-likeness (QED) is 0.847. The maximum Gasteiger partial charge on any atom is 0.146 e. The third-order valence-corrected chi connectivity index (χ3v) is 3.59. The maximum absolute atomic E-state index is 5.98. The molecule has 0 N–H and O–H groups in total. The van der Waals surface area contributed by atoms with E-state index in [0.717, 1.165) is 11.6 Å². The van der Waals surface area contributed by atoms with Crippen LogP contribution in [0.25, 0.3) is 0 Å². The van der Waals surface area contributed by atoms with E-state index in [1.807, 2.05) is 17.8 Å². The van der Waals surface area contributed by atoms with Crippen LogP contribution in [-0.4, -0.2) is 9.55 Å². The van der Waals surface area contributed by atoms with Gasteiger partial charge in [-0.2, -0.15) is 0 Å². The van der Waals surface area contributed by atoms with Crippen molar-refractivity contribution < 1.29 is 4.74 Å². The van der Waals surface area contributed by atoms with Crippen LogP contribution in [0.2, 0.25) is 0 Å². The van der Waals surface area contributed by atoms with Crippen LogP contribution in [0.4, 0.5) is 0 Å². The Hall–Kier alpha value is -1.77. The van der Waals surface area contributed by atoms with Crippen molar-refractivity contribution in [3.63, 3.8) is 0 Å². The van der Waals surface area contributed by atoms with Crippen LogP contribution in [0.15, 0.2) is 24.5 Å². The lowest BCUT2D eigenvalue weighted by Gasteiger charge is -2.22. The number of ether oxygens (including phenoxy) is 1. The van der Waals surface area contributed by atoms with Gasteiger partial charge in [-0.05, 0) is 36.0 Å². The largest absolute Gasteiger partial charge is 0.485 e. The number of imidazole rings is 1. The minimum Gasteiger partial charge on any atom is -0.485 e. The van der Waals surface area contributed by atoms with Gasteiger partial charge in [0.1, 0.15) is 18.2 Å². The van der Waals surface area contributed by atoms with Crippen molar-refractivity contribution >= 4 is 0 Å². The lowest BCUT2D eigenvalue weighted by molar-refractivity contribution is 0.287. The molecule has 0 bridgehead atoms. The van der Waals surface area contributed by atoms with E-state index < -0.39 is 0 Å². The monoisotopic (exact) mass is 272 g/mol. The molecule has 3 nitrogen and oxygen atoms in total. The highest BCUT2D eigenvalue weighted by Crippen LogP contribution is 2.31. The SMILES string of the molecule is Cc1cc(C(C)(C)C)cc(C)c1OCc1nccn1C. The minimum absolute atomic E-state index is 0.160. The number of benzene rings is 1. The van der Waals surface area contributed by atoms with Gasteiger partial charge in [0.2, 0.25) is 0 Å². The van der Waals surface area contributed by atoms with Crippen molar-refractivity contribution in [3.8, 4) is 5.75 Å². The molecule has 1 aromatic heterocycles. The van der Waals surface area contributed by atoms with Crippen molar-refractivity contribution in [1.82, 2.24) is 9.55 Å². The average molecular weight is 272 g/mol. The number of hydrogen-bond donors (Lipinski definition) is 0. The standard InChI is InChI=1S/C17H24N2O/c1-12-9-14(17(3,4)5)10-13(2)16(12)20-11-15-18-7-8-19(15)6/h7-10H,11H2,1-6H3. The number of aromatic nitrogens is 2. The zero-order valence-electron chi connectivity index (χ0n) is 13.3. The van der Waals surface area contributed by atoms with E-state index in [2.05, 4.69) is 51.7 Å². The van der Waals surface area contributed by atoms with Gasteiger partial charge in [-0.1, -0.05) is 32.9 Å². The Morgan fingerprint density at radius 3 is 2.20 bits per heavy atom. The summed E-state index contributed by atoms with van der Waals surface area (Å²) in [7, 11) is 1.98. The van der Waals surface area contributed by atoms with Gasteiger partial charge in [0, 0.05) is 19.4 Å². The fourth-order valence-electron chi connectivity index (χ4n) is 2.28. The van der Waals surface area contributed by atoms with E-state index >= 15 is 0 Å². The Morgan fingerprint density at radius 1 is 1.15 bits per heavy atom. The first-order valence-electron chi connectivity index (χ1n) is 7.00. The predicted octanol–water partition coefficient (Wildman–Crippen LogP) is 3.91. The van der Waals surface area contributed by atoms with Crippen molar-refractivity contribution in [3.05, 3.63) is 47.0 Å². The van der Waals surface area contributed by atoms with Gasteiger partial charge in [0.25, 0.3) is 0 Å². The second kappa shape index (κ2) is 5.31. The topological polar surface area (TPSA) is 27.1 Å². The molecular formula is C17H24N2O. The van der Waals surface area contributed by atoms with Crippen LogP contribution in [0, 0.1) is 13.8 Å². The molecule has 0 saturated carbocycles. The molecule has 0 spiro atoms. The third-order valence-electron chi connectivity index (χ3n) is 3.59. The first kappa shape index (κ1) is 14.6. The molecule has 1 heterocycles. The fraction of sp³-hybridized carbons (Fsp3) is 0.471. The molecule has 0 atom stereocenters. The highest BCUT2D eigenvalue weighted by molar-refractivity contribution is 5.45. The summed E-state index contributed by atoms with van der Waals surface area (Å²) in [5, 5.41) is 0. The van der Waals surface area contributed by atoms with Crippen LogP contribution in [0.3, 0.4) is 0 Å². The normalized spacial score (nSPS) is 11.7. The number of rotatable bonds is 3. The van der Waals surface area contributed by atoms with E-state index in [-0.39, 0.29) is 5.41 Å². The summed E-state index contributed by atoms with van der Waals surface area (Å²) >= 11 is 0. The molecule has 0 saturated heterocycles. The Kier molecular flexibility index (Phi) is 3.89. The summed E-state index contributed by atoms with van der Waals surface area (Å²) in [6.45, 7) is 11.4. The zero-order valence-corrected chi connectivity index (χ0v) is 13.3. The van der Waals surface area contributed by atoms with E-state index in [9.17, 15) is 0 Å². The number of nitrogens with zero attached hydrogens (tertiary/aromatic N) is 2. The number of hydrogen-bond acceptors (Lipinski definition) is 2. The second-order valence-electron chi connectivity index (χ2n) is 6.43. The molecule has 20 heavy (non-hydrogen) atoms. The molecule has 1 aromatic carbocycles. The number of aryl methyl sites for hydroxylation is 3. The summed E-state index contributed by atoms with van der Waals surface area (Å²) in [6.07, 6.45) is 3.72. The van der Waals surface area contributed by atoms with Crippen LogP contribution in [0.5, 0.6) is 5.75 Å². The van der Waals surface area contributed by atoms with Crippen molar-refractivity contribution in [1.29, 1.82) is 0 Å². The molecule has 0 aliphatic heterocycles. The lowest BCUT2D eigenvalue weighted by atomic mass is 9.85. The molecule has 108 valence electrons. The predicted molar refractivity (Wildman–Crippen MR) is 82.2 cm³/mol. The van der Waals surface area contributed by atoms with Crippen LogP contribution < -0.4 is 4.74 Å². The molecule has 0 radical (unpaired) electrons. The van der Waals surface area contributed by atoms with Gasteiger partial charge in [0.05, 0.1) is 0 Å². The van der Waals surface area contributed by atoms with Crippen molar-refractivity contribution in [2.75, 3.05) is 0 Å². The van der Waals surface area contributed by atoms with E-state index in [1.54, 1.807) is 6.20 Å². The first-order valence-corrected chi connectivity index (χ1v) is 7.00. The highest BCUT2D eigenvalue weighted by atomic mass is 16.5. The summed E-state index contributed by atoms with van der Waals surface area (Å²) in [5.74, 6) is 1.91. The maximum atomic E-state index is 5.98. The van der Waals surface area contributed by atoms with Crippen LogP contribution >= 0.6 is 0 Å². The Balaban J connectivity index is 2.23. The average Bonchev–Trinajstić information content (AvgIpc) is 2.72. The van der Waals surface area contributed by atoms with E-state index in [4.69, 9.17) is 4.74 Å². The van der Waals surface area contributed by atoms with Gasteiger partial charge >= 0.3 is 0 Å². The molecule has 2 rings (SSSR count).